The summed E-state index contributed by atoms with van der Waals surface area (Å²) in [7, 11) is 0. The van der Waals surface area contributed by atoms with Crippen LogP contribution in [-0.4, -0.2) is 67.1 Å². The highest BCUT2D eigenvalue weighted by Gasteiger charge is 2.28. The van der Waals surface area contributed by atoms with E-state index >= 15 is 0 Å². The molecular weight excluding hydrogens is 981 g/mol. The largest absolute Gasteiger partial charge is 0.493 e. The van der Waals surface area contributed by atoms with Gasteiger partial charge in [0.05, 0.1) is 22.5 Å². The second kappa shape index (κ2) is 32.7. The van der Waals surface area contributed by atoms with Crippen LogP contribution in [0.4, 0.5) is 22.7 Å². The Morgan fingerprint density at radius 2 is 0.808 bits per heavy atom. The van der Waals surface area contributed by atoms with Gasteiger partial charge in [0.1, 0.15) is 23.3 Å². The molecule has 0 radical (unpaired) electrons. The van der Waals surface area contributed by atoms with E-state index in [0.717, 1.165) is 112 Å². The Hall–Kier alpha value is -6.94. The third kappa shape index (κ3) is 16.8. The van der Waals surface area contributed by atoms with Crippen molar-refractivity contribution in [2.75, 3.05) is 26.2 Å². The standard InChI is InChI=1S/C62H88N10O6/c1-11-19-27-45(15-5)39-69(40-46(16-6)28-20-12-2)57(73)49-31-23-25-33-53(49)65-67-55-43(9)51(37-63)59(75)71(61(55)77)35-36-72-60(76)52(38-64)44(10)56(62(72)78)68-66-54-34-26-24-32-50(54)58(74)70(41-47(17-7)29-21-13-3)42-48(18-8)30-22-14-4/h23-26,31-34,45-48,75-76H,11-22,27-30,35-36,39-42H2,1-10H3. The van der Waals surface area contributed by atoms with Crippen molar-refractivity contribution in [1.82, 2.24) is 18.9 Å². The highest BCUT2D eigenvalue weighted by atomic mass is 16.3. The monoisotopic (exact) mass is 1070 g/mol. The summed E-state index contributed by atoms with van der Waals surface area (Å²) >= 11 is 0. The fraction of sp³-hybridized carbons (Fsp3) is 0.581. The van der Waals surface area contributed by atoms with E-state index in [1.54, 1.807) is 48.5 Å². The van der Waals surface area contributed by atoms with Crippen LogP contribution in [0, 0.1) is 60.2 Å². The van der Waals surface area contributed by atoms with E-state index in [-0.39, 0.29) is 56.8 Å². The number of pyridine rings is 2. The molecule has 0 aliphatic carbocycles. The minimum atomic E-state index is -0.858. The summed E-state index contributed by atoms with van der Waals surface area (Å²) < 4.78 is 1.70. The van der Waals surface area contributed by atoms with Crippen LogP contribution in [0.25, 0.3) is 0 Å². The van der Waals surface area contributed by atoms with Crippen molar-refractivity contribution in [3.8, 4) is 23.9 Å². The molecule has 16 heteroatoms. The van der Waals surface area contributed by atoms with E-state index in [0.29, 0.717) is 61.0 Å². The van der Waals surface area contributed by atoms with E-state index in [9.17, 15) is 39.9 Å². The highest BCUT2D eigenvalue weighted by molar-refractivity contribution is 5.99. The molecule has 0 bridgehead atoms. The molecule has 0 fully saturated rings. The second-order valence-corrected chi connectivity index (χ2v) is 21.0. The molecule has 2 N–H and O–H groups in total. The number of hydrogen-bond acceptors (Lipinski definition) is 12. The number of carbonyl (C=O) groups excluding carboxylic acids is 2. The van der Waals surface area contributed by atoms with Crippen LogP contribution >= 0.6 is 0 Å². The Bertz CT molecular complexity index is 2650. The van der Waals surface area contributed by atoms with E-state index in [2.05, 4.69) is 75.8 Å². The van der Waals surface area contributed by atoms with E-state index < -0.39 is 36.0 Å². The third-order valence-corrected chi connectivity index (χ3v) is 15.5. The van der Waals surface area contributed by atoms with Crippen molar-refractivity contribution >= 4 is 34.6 Å². The van der Waals surface area contributed by atoms with Crippen molar-refractivity contribution in [3.63, 3.8) is 0 Å². The van der Waals surface area contributed by atoms with Crippen molar-refractivity contribution in [3.05, 3.63) is 103 Å². The molecular formula is C62H88N10O6. The zero-order valence-corrected chi connectivity index (χ0v) is 48.5. The first-order valence-electron chi connectivity index (χ1n) is 29.0. The van der Waals surface area contributed by atoms with Crippen LogP contribution in [-0.2, 0) is 13.1 Å². The summed E-state index contributed by atoms with van der Waals surface area (Å²) in [5, 5.41) is 61.0. The van der Waals surface area contributed by atoms with Gasteiger partial charge in [-0.2, -0.15) is 10.5 Å². The SMILES string of the molecule is CCCCC(CC)CN(CC(CC)CCCC)C(=O)c1ccccc1N=Nc1c(C)c(C#N)c(O)n(CCn2c(O)c(C#N)c(C)c(N=Nc3ccccc3C(=O)N(CC(CC)CCCC)CC(CC)CCCC)c2=O)c1=O. The van der Waals surface area contributed by atoms with Gasteiger partial charge < -0.3 is 20.0 Å². The number of unbranched alkanes of at least 4 members (excludes halogenated alkanes) is 4. The molecule has 4 aromatic rings. The lowest BCUT2D eigenvalue weighted by Crippen LogP contribution is -2.39. The average molecular weight is 1070 g/mol. The summed E-state index contributed by atoms with van der Waals surface area (Å²) in [5.41, 5.74) is -1.66. The van der Waals surface area contributed by atoms with E-state index in [1.165, 1.54) is 13.8 Å². The fourth-order valence-electron chi connectivity index (χ4n) is 10.2. The van der Waals surface area contributed by atoms with Gasteiger partial charge in [-0.3, -0.25) is 28.3 Å². The number of hydrogen-bond donors (Lipinski definition) is 2. The molecule has 0 saturated heterocycles. The quantitative estimate of drug-likeness (QED) is 0.0436. The van der Waals surface area contributed by atoms with Crippen molar-refractivity contribution in [2.45, 2.75) is 185 Å². The van der Waals surface area contributed by atoms with E-state index in [1.807, 2.05) is 21.9 Å². The molecule has 0 spiro atoms. The van der Waals surface area contributed by atoms with Gasteiger partial charge >= 0.3 is 0 Å². The van der Waals surface area contributed by atoms with Crippen LogP contribution in [0.5, 0.6) is 11.8 Å². The summed E-state index contributed by atoms with van der Waals surface area (Å²) in [4.78, 5) is 61.9. The average Bonchev–Trinajstić information content (AvgIpc) is 3.45. The van der Waals surface area contributed by atoms with Crippen LogP contribution in [0.15, 0.2) is 78.6 Å². The van der Waals surface area contributed by atoms with Gasteiger partial charge in [-0.25, -0.2) is 0 Å². The van der Waals surface area contributed by atoms with Crippen molar-refractivity contribution < 1.29 is 19.8 Å². The second-order valence-electron chi connectivity index (χ2n) is 21.0. The highest BCUT2D eigenvalue weighted by Crippen LogP contribution is 2.33. The summed E-state index contributed by atoms with van der Waals surface area (Å²) in [6.07, 6.45) is 16.3. The topological polar surface area (TPSA) is 222 Å². The van der Waals surface area contributed by atoms with Gasteiger partial charge in [-0.1, -0.05) is 157 Å². The summed E-state index contributed by atoms with van der Waals surface area (Å²) in [6.45, 7) is 21.7. The lowest BCUT2D eigenvalue weighted by Gasteiger charge is -2.31. The zero-order valence-electron chi connectivity index (χ0n) is 48.5. The summed E-state index contributed by atoms with van der Waals surface area (Å²) in [5.74, 6) is -0.489. The fourth-order valence-corrected chi connectivity index (χ4v) is 10.2. The predicted molar refractivity (Wildman–Crippen MR) is 310 cm³/mol. The summed E-state index contributed by atoms with van der Waals surface area (Å²) in [6, 6.07) is 17.5. The minimum Gasteiger partial charge on any atom is -0.493 e. The van der Waals surface area contributed by atoms with E-state index in [4.69, 9.17) is 0 Å². The van der Waals surface area contributed by atoms with Crippen LogP contribution in [0.2, 0.25) is 0 Å². The van der Waals surface area contributed by atoms with Crippen LogP contribution in [0.3, 0.4) is 0 Å². The Balaban J connectivity index is 1.76. The van der Waals surface area contributed by atoms with Crippen LogP contribution < -0.4 is 11.1 Å². The number of aromatic nitrogens is 2. The first-order valence-corrected chi connectivity index (χ1v) is 29.0. The van der Waals surface area contributed by atoms with Gasteiger partial charge in [0.2, 0.25) is 11.8 Å². The molecule has 78 heavy (non-hydrogen) atoms. The van der Waals surface area contributed by atoms with Crippen LogP contribution in [0.1, 0.15) is 201 Å². The molecule has 2 amide bonds. The Labute approximate surface area is 463 Å². The Kier molecular flexibility index (Phi) is 26.7. The molecule has 2 heterocycles. The van der Waals surface area contributed by atoms with Gasteiger partial charge in [0.15, 0.2) is 11.4 Å². The Morgan fingerprint density at radius 3 is 1.08 bits per heavy atom. The number of carbonyl (C=O) groups is 2. The zero-order chi connectivity index (χ0) is 57.3. The molecule has 2 aromatic heterocycles. The lowest BCUT2D eigenvalue weighted by molar-refractivity contribution is 0.0679. The van der Waals surface area contributed by atoms with Crippen molar-refractivity contribution in [1.29, 1.82) is 10.5 Å². The van der Waals surface area contributed by atoms with Crippen molar-refractivity contribution in [2.24, 2.45) is 44.1 Å². The molecule has 16 nitrogen and oxygen atoms in total. The number of nitrogens with zero attached hydrogens (tertiary/aromatic N) is 10. The molecule has 422 valence electrons. The number of azo groups is 2. The maximum atomic E-state index is 14.6. The minimum absolute atomic E-state index is 0.0453. The maximum absolute atomic E-state index is 14.6. The number of benzene rings is 2. The number of rotatable bonds is 33. The van der Waals surface area contributed by atoms with Gasteiger partial charge in [0.25, 0.3) is 22.9 Å². The molecule has 4 atom stereocenters. The molecule has 4 rings (SSSR count). The van der Waals surface area contributed by atoms with Gasteiger partial charge in [-0.05, 0) is 87.5 Å². The number of aromatic hydroxyl groups is 2. The number of amides is 2. The molecule has 0 aliphatic rings. The van der Waals surface area contributed by atoms with Gasteiger partial charge in [-0.15, -0.1) is 20.5 Å². The smallest absolute Gasteiger partial charge is 0.281 e. The normalized spacial score (nSPS) is 13.1. The Morgan fingerprint density at radius 1 is 0.513 bits per heavy atom. The first-order chi connectivity index (χ1) is 37.6. The number of nitriles is 2. The first kappa shape index (κ1) is 63.6. The van der Waals surface area contributed by atoms with Gasteiger partial charge in [0, 0.05) is 50.4 Å². The lowest BCUT2D eigenvalue weighted by atomic mass is 9.95. The molecule has 0 aliphatic heterocycles. The molecule has 2 aromatic carbocycles. The molecule has 0 saturated carbocycles. The predicted octanol–water partition coefficient (Wildman–Crippen LogP) is 15.1. The third-order valence-electron chi connectivity index (χ3n) is 15.5. The molecule has 4 unspecified atom stereocenters. The maximum Gasteiger partial charge on any atom is 0.281 e.